The summed E-state index contributed by atoms with van der Waals surface area (Å²) in [6.07, 6.45) is 3.82. The molecule has 0 unspecified atom stereocenters. The van der Waals surface area contributed by atoms with Crippen LogP contribution in [-0.2, 0) is 16.7 Å². The molecule has 29 heavy (non-hydrogen) atoms. The summed E-state index contributed by atoms with van der Waals surface area (Å²) >= 11 is 0. The molecular formula is C19H24N4O5S. The zero-order valence-corrected chi connectivity index (χ0v) is 17.1. The maximum atomic E-state index is 10.6. The van der Waals surface area contributed by atoms with Crippen molar-refractivity contribution in [1.82, 2.24) is 15.2 Å². The van der Waals surface area contributed by atoms with E-state index in [9.17, 15) is 18.5 Å². The van der Waals surface area contributed by atoms with Gasteiger partial charge in [-0.15, -0.1) is 0 Å². The summed E-state index contributed by atoms with van der Waals surface area (Å²) in [7, 11) is -4.02. The molecule has 0 aliphatic carbocycles. The van der Waals surface area contributed by atoms with Crippen LogP contribution >= 0.6 is 0 Å². The molecule has 1 aliphatic rings. The smallest absolute Gasteiger partial charge is 0.294 e. The third-order valence-corrected chi connectivity index (χ3v) is 5.01. The molecule has 10 heteroatoms. The van der Waals surface area contributed by atoms with Crippen LogP contribution in [0.1, 0.15) is 23.2 Å². The number of hydrogen-bond acceptors (Lipinski definition) is 7. The Morgan fingerprint density at radius 2 is 1.93 bits per heavy atom. The molecule has 0 bridgehead atoms. The highest BCUT2D eigenvalue weighted by Crippen LogP contribution is 2.13. The molecular weight excluding hydrogens is 396 g/mol. The van der Waals surface area contributed by atoms with Crippen LogP contribution in [0.3, 0.4) is 0 Å². The van der Waals surface area contributed by atoms with Gasteiger partial charge < -0.3 is 10.2 Å². The van der Waals surface area contributed by atoms with E-state index in [0.29, 0.717) is 12.4 Å². The van der Waals surface area contributed by atoms with Crippen molar-refractivity contribution in [3.05, 3.63) is 81.6 Å². The number of pyridine rings is 1. The van der Waals surface area contributed by atoms with E-state index >= 15 is 0 Å². The summed E-state index contributed by atoms with van der Waals surface area (Å²) in [5, 5.41) is 13.6. The summed E-state index contributed by atoms with van der Waals surface area (Å²) in [5.41, 5.74) is 2.98. The highest BCUT2D eigenvalue weighted by atomic mass is 32.2. The lowest BCUT2D eigenvalue weighted by atomic mass is 10.2. The van der Waals surface area contributed by atoms with E-state index in [2.05, 4.69) is 10.3 Å². The Kier molecular flexibility index (Phi) is 7.68. The average Bonchev–Trinajstić information content (AvgIpc) is 2.65. The number of aromatic nitrogens is 1. The third-order valence-electron chi connectivity index (χ3n) is 4.14. The molecule has 0 saturated carbocycles. The fourth-order valence-electron chi connectivity index (χ4n) is 2.63. The van der Waals surface area contributed by atoms with Crippen LogP contribution in [0.5, 0.6) is 0 Å². The van der Waals surface area contributed by atoms with Gasteiger partial charge in [-0.25, -0.2) is 0 Å². The summed E-state index contributed by atoms with van der Waals surface area (Å²) in [6, 6.07) is 9.94. The van der Waals surface area contributed by atoms with E-state index in [-0.39, 0.29) is 4.90 Å². The molecule has 0 amide bonds. The van der Waals surface area contributed by atoms with Crippen LogP contribution < -0.4 is 5.32 Å². The monoisotopic (exact) mass is 420 g/mol. The maximum Gasteiger partial charge on any atom is 0.294 e. The molecule has 9 nitrogen and oxygen atoms in total. The molecule has 2 heterocycles. The first kappa shape index (κ1) is 22.3. The van der Waals surface area contributed by atoms with Crippen LogP contribution in [0.25, 0.3) is 0 Å². The topological polar surface area (TPSA) is 126 Å². The summed E-state index contributed by atoms with van der Waals surface area (Å²) < 4.78 is 29.6. The van der Waals surface area contributed by atoms with E-state index < -0.39 is 15.0 Å². The predicted molar refractivity (Wildman–Crippen MR) is 108 cm³/mol. The van der Waals surface area contributed by atoms with E-state index in [4.69, 9.17) is 4.55 Å². The largest absolute Gasteiger partial charge is 0.367 e. The van der Waals surface area contributed by atoms with Crippen molar-refractivity contribution in [2.24, 2.45) is 0 Å². The first-order valence-corrected chi connectivity index (χ1v) is 10.4. The molecule has 0 spiro atoms. The van der Waals surface area contributed by atoms with Gasteiger partial charge in [0.15, 0.2) is 5.82 Å². The van der Waals surface area contributed by atoms with Gasteiger partial charge in [0.1, 0.15) is 0 Å². The van der Waals surface area contributed by atoms with Gasteiger partial charge in [-0.3, -0.25) is 19.7 Å². The highest BCUT2D eigenvalue weighted by molar-refractivity contribution is 7.85. The van der Waals surface area contributed by atoms with Crippen molar-refractivity contribution in [2.75, 3.05) is 13.1 Å². The Morgan fingerprint density at radius 3 is 2.48 bits per heavy atom. The molecule has 3 rings (SSSR count). The molecule has 1 aromatic heterocycles. The number of benzene rings is 1. The number of nitrogens with zero attached hydrogens (tertiary/aromatic N) is 3. The second-order valence-electron chi connectivity index (χ2n) is 6.60. The van der Waals surface area contributed by atoms with E-state index in [0.717, 1.165) is 42.5 Å². The van der Waals surface area contributed by atoms with Gasteiger partial charge in [0.2, 0.25) is 0 Å². The number of rotatable bonds is 4. The molecule has 1 saturated heterocycles. The lowest BCUT2D eigenvalue weighted by molar-refractivity contribution is -0.405. The quantitative estimate of drug-likeness (QED) is 0.439. The zero-order valence-electron chi connectivity index (χ0n) is 16.3. The molecule has 2 N–H and O–H groups in total. The van der Waals surface area contributed by atoms with E-state index in [1.165, 1.54) is 12.1 Å². The fourth-order valence-corrected chi connectivity index (χ4v) is 3.11. The van der Waals surface area contributed by atoms with Gasteiger partial charge >= 0.3 is 0 Å². The first-order valence-electron chi connectivity index (χ1n) is 8.95. The molecule has 0 atom stereocenters. The SMILES string of the molecule is Cc1ccc(CN2CCCNC2=C[N+](=O)[O-])cn1.Cc1ccc(S(=O)(=O)O)cc1. The number of aryl methyl sites for hydroxylation is 2. The lowest BCUT2D eigenvalue weighted by Gasteiger charge is -2.30. The standard InChI is InChI=1S/C12H16N4O2.C7H8O3S/c1-10-3-4-11(7-14-10)8-15-6-2-5-13-12(15)9-16(17)18;1-6-2-4-7(5-3-6)11(8,9)10/h3-4,7,9,13H,2,5-6,8H2,1H3;2-5H,1H3,(H,8,9,10). The van der Waals surface area contributed by atoms with Crippen LogP contribution in [0, 0.1) is 24.0 Å². The normalized spacial score (nSPS) is 15.3. The van der Waals surface area contributed by atoms with Gasteiger partial charge in [0, 0.05) is 31.5 Å². The number of nitrogens with one attached hydrogen (secondary N) is 1. The molecule has 156 valence electrons. The first-order chi connectivity index (χ1) is 13.6. The summed E-state index contributed by atoms with van der Waals surface area (Å²) in [6.45, 7) is 6.01. The second kappa shape index (κ2) is 9.99. The van der Waals surface area contributed by atoms with Crippen molar-refractivity contribution in [3.63, 3.8) is 0 Å². The Labute approximate surface area is 170 Å². The fraction of sp³-hybridized carbons (Fsp3) is 0.316. The Morgan fingerprint density at radius 1 is 1.24 bits per heavy atom. The van der Waals surface area contributed by atoms with E-state index in [1.807, 2.05) is 37.1 Å². The number of hydrogen-bond donors (Lipinski definition) is 2. The Bertz CT molecular complexity index is 957. The summed E-state index contributed by atoms with van der Waals surface area (Å²) in [5.74, 6) is 0.576. The summed E-state index contributed by atoms with van der Waals surface area (Å²) in [4.78, 5) is 16.3. The zero-order chi connectivity index (χ0) is 21.4. The minimum absolute atomic E-state index is 0.0666. The van der Waals surface area contributed by atoms with Gasteiger partial charge in [-0.1, -0.05) is 23.8 Å². The molecule has 1 fully saturated rings. The second-order valence-corrected chi connectivity index (χ2v) is 8.02. The lowest BCUT2D eigenvalue weighted by Crippen LogP contribution is -2.39. The van der Waals surface area contributed by atoms with Crippen molar-refractivity contribution in [2.45, 2.75) is 31.7 Å². The minimum atomic E-state index is -4.02. The van der Waals surface area contributed by atoms with Gasteiger partial charge in [-0.2, -0.15) is 8.42 Å². The van der Waals surface area contributed by atoms with Crippen molar-refractivity contribution >= 4 is 10.1 Å². The predicted octanol–water partition coefficient (Wildman–Crippen LogP) is 2.50. The van der Waals surface area contributed by atoms with Crippen LogP contribution in [-0.4, -0.2) is 40.9 Å². The Balaban J connectivity index is 0.000000234. The third kappa shape index (κ3) is 7.51. The van der Waals surface area contributed by atoms with Crippen LogP contribution in [0.2, 0.25) is 0 Å². The van der Waals surface area contributed by atoms with Crippen molar-refractivity contribution < 1.29 is 17.9 Å². The van der Waals surface area contributed by atoms with Crippen LogP contribution in [0.4, 0.5) is 0 Å². The van der Waals surface area contributed by atoms with Gasteiger partial charge in [0.25, 0.3) is 16.3 Å². The highest BCUT2D eigenvalue weighted by Gasteiger charge is 2.17. The van der Waals surface area contributed by atoms with E-state index in [1.54, 1.807) is 12.1 Å². The molecule has 0 radical (unpaired) electrons. The Hall–Kier alpha value is -2.98. The molecule has 1 aliphatic heterocycles. The van der Waals surface area contributed by atoms with Gasteiger partial charge in [0.05, 0.1) is 9.82 Å². The van der Waals surface area contributed by atoms with Crippen molar-refractivity contribution in [3.8, 4) is 0 Å². The number of nitro groups is 1. The van der Waals surface area contributed by atoms with Gasteiger partial charge in [-0.05, 0) is 44.0 Å². The van der Waals surface area contributed by atoms with Crippen molar-refractivity contribution in [1.29, 1.82) is 0 Å². The molecule has 1 aromatic carbocycles. The minimum Gasteiger partial charge on any atom is -0.367 e. The maximum absolute atomic E-state index is 10.6. The van der Waals surface area contributed by atoms with Crippen LogP contribution in [0.15, 0.2) is 59.5 Å². The molecule has 2 aromatic rings. The average molecular weight is 420 g/mol.